The second kappa shape index (κ2) is 5.75. The molecule has 2 aromatic rings. The summed E-state index contributed by atoms with van der Waals surface area (Å²) in [6.07, 6.45) is 0. The molecule has 0 saturated carbocycles. The van der Waals surface area contributed by atoms with Gasteiger partial charge in [0, 0.05) is 12.1 Å². The Bertz CT molecular complexity index is 669. The molecule has 1 amide bonds. The lowest BCUT2D eigenvalue weighted by molar-refractivity contribution is 0.0946. The van der Waals surface area contributed by atoms with E-state index in [2.05, 4.69) is 5.32 Å². The summed E-state index contributed by atoms with van der Waals surface area (Å²) in [6, 6.07) is 12.8. The van der Waals surface area contributed by atoms with Crippen molar-refractivity contribution in [1.29, 1.82) is 0 Å². The first-order valence-corrected chi connectivity index (χ1v) is 6.58. The van der Waals surface area contributed by atoms with Crippen molar-refractivity contribution in [2.45, 2.75) is 6.54 Å². The number of fused-ring (bicyclic) bond motifs is 1. The van der Waals surface area contributed by atoms with Gasteiger partial charge in [0.1, 0.15) is 5.75 Å². The predicted molar refractivity (Wildman–Crippen MR) is 76.7 cm³/mol. The van der Waals surface area contributed by atoms with Crippen molar-refractivity contribution in [2.75, 3.05) is 13.9 Å². The molecule has 0 radical (unpaired) electrons. The average molecular weight is 285 g/mol. The topological polar surface area (TPSA) is 56.8 Å². The lowest BCUT2D eigenvalue weighted by Crippen LogP contribution is -2.23. The maximum atomic E-state index is 12.3. The van der Waals surface area contributed by atoms with Gasteiger partial charge in [0.15, 0.2) is 11.5 Å². The number of nitrogens with one attached hydrogen (secondary N) is 1. The summed E-state index contributed by atoms with van der Waals surface area (Å²) in [5.41, 5.74) is 1.39. The Labute approximate surface area is 122 Å². The number of methoxy groups -OCH3 is 1. The maximum absolute atomic E-state index is 12.3. The normalized spacial score (nSPS) is 12.0. The van der Waals surface area contributed by atoms with Gasteiger partial charge in [0.2, 0.25) is 6.79 Å². The van der Waals surface area contributed by atoms with Crippen molar-refractivity contribution in [3.8, 4) is 17.2 Å². The Morgan fingerprint density at radius 3 is 2.90 bits per heavy atom. The zero-order valence-corrected chi connectivity index (χ0v) is 11.6. The molecule has 5 nitrogen and oxygen atoms in total. The standard InChI is InChI=1S/C16H15NO4/c1-19-13-7-3-2-5-11(13)9-17-16(18)12-6-4-8-14-15(12)21-10-20-14/h2-8H,9-10H2,1H3,(H,17,18). The summed E-state index contributed by atoms with van der Waals surface area (Å²) in [6.45, 7) is 0.527. The largest absolute Gasteiger partial charge is 0.496 e. The monoisotopic (exact) mass is 285 g/mol. The zero-order valence-electron chi connectivity index (χ0n) is 11.6. The van der Waals surface area contributed by atoms with Crippen molar-refractivity contribution in [3.63, 3.8) is 0 Å². The molecular weight excluding hydrogens is 270 g/mol. The van der Waals surface area contributed by atoms with Crippen LogP contribution in [-0.2, 0) is 6.54 Å². The van der Waals surface area contributed by atoms with E-state index >= 15 is 0 Å². The van der Waals surface area contributed by atoms with E-state index in [0.717, 1.165) is 11.3 Å². The minimum atomic E-state index is -0.205. The average Bonchev–Trinajstić information content (AvgIpc) is 3.01. The highest BCUT2D eigenvalue weighted by Gasteiger charge is 2.21. The number of para-hydroxylation sites is 2. The Kier molecular flexibility index (Phi) is 3.64. The second-order valence-electron chi connectivity index (χ2n) is 4.53. The van der Waals surface area contributed by atoms with Crippen molar-refractivity contribution < 1.29 is 19.0 Å². The van der Waals surface area contributed by atoms with Gasteiger partial charge in [-0.2, -0.15) is 0 Å². The molecular formula is C16H15NO4. The zero-order chi connectivity index (χ0) is 14.7. The van der Waals surface area contributed by atoms with E-state index in [1.54, 1.807) is 25.3 Å². The van der Waals surface area contributed by atoms with E-state index in [1.165, 1.54) is 0 Å². The van der Waals surface area contributed by atoms with Crippen LogP contribution in [0.25, 0.3) is 0 Å². The van der Waals surface area contributed by atoms with Crippen LogP contribution in [0.3, 0.4) is 0 Å². The third-order valence-corrected chi connectivity index (χ3v) is 3.27. The molecule has 0 aromatic heterocycles. The first kappa shape index (κ1) is 13.3. The molecule has 3 rings (SSSR count). The third kappa shape index (κ3) is 2.63. The fraction of sp³-hybridized carbons (Fsp3) is 0.188. The molecule has 1 N–H and O–H groups in total. The SMILES string of the molecule is COc1ccccc1CNC(=O)c1cccc2c1OCO2. The number of carbonyl (C=O) groups excluding carboxylic acids is 1. The van der Waals surface area contributed by atoms with E-state index in [4.69, 9.17) is 14.2 Å². The molecule has 0 saturated heterocycles. The van der Waals surface area contributed by atoms with Crippen molar-refractivity contribution in [3.05, 3.63) is 53.6 Å². The van der Waals surface area contributed by atoms with Crippen LogP contribution in [0, 0.1) is 0 Å². The Morgan fingerprint density at radius 1 is 1.19 bits per heavy atom. The minimum Gasteiger partial charge on any atom is -0.496 e. The summed E-state index contributed by atoms with van der Waals surface area (Å²) < 4.78 is 15.9. The summed E-state index contributed by atoms with van der Waals surface area (Å²) >= 11 is 0. The molecule has 108 valence electrons. The van der Waals surface area contributed by atoms with Gasteiger partial charge in [-0.3, -0.25) is 4.79 Å². The van der Waals surface area contributed by atoms with Gasteiger partial charge in [0.25, 0.3) is 5.91 Å². The van der Waals surface area contributed by atoms with E-state index in [-0.39, 0.29) is 12.7 Å². The number of hydrogen-bond acceptors (Lipinski definition) is 4. The molecule has 1 aliphatic heterocycles. The lowest BCUT2D eigenvalue weighted by atomic mass is 10.1. The summed E-state index contributed by atoms with van der Waals surface area (Å²) in [5, 5.41) is 2.87. The van der Waals surface area contributed by atoms with Crippen molar-refractivity contribution in [2.24, 2.45) is 0 Å². The van der Waals surface area contributed by atoms with Crippen LogP contribution in [0.4, 0.5) is 0 Å². The lowest BCUT2D eigenvalue weighted by Gasteiger charge is -2.10. The van der Waals surface area contributed by atoms with Gasteiger partial charge in [-0.1, -0.05) is 24.3 Å². The molecule has 0 spiro atoms. The van der Waals surface area contributed by atoms with Crippen molar-refractivity contribution in [1.82, 2.24) is 5.32 Å². The molecule has 0 atom stereocenters. The Balaban J connectivity index is 1.74. The van der Waals surface area contributed by atoms with Crippen LogP contribution in [0.5, 0.6) is 17.2 Å². The molecule has 21 heavy (non-hydrogen) atoms. The number of amides is 1. The molecule has 0 fully saturated rings. The molecule has 2 aromatic carbocycles. The smallest absolute Gasteiger partial charge is 0.255 e. The molecule has 5 heteroatoms. The van der Waals surface area contributed by atoms with Crippen LogP contribution in [0.2, 0.25) is 0 Å². The summed E-state index contributed by atoms with van der Waals surface area (Å²) in [5.74, 6) is 1.63. The van der Waals surface area contributed by atoms with Crippen LogP contribution >= 0.6 is 0 Å². The third-order valence-electron chi connectivity index (χ3n) is 3.27. The van der Waals surface area contributed by atoms with E-state index in [0.29, 0.717) is 23.6 Å². The first-order chi connectivity index (χ1) is 10.3. The maximum Gasteiger partial charge on any atom is 0.255 e. The summed E-state index contributed by atoms with van der Waals surface area (Å²) in [4.78, 5) is 12.3. The van der Waals surface area contributed by atoms with Gasteiger partial charge >= 0.3 is 0 Å². The van der Waals surface area contributed by atoms with Crippen molar-refractivity contribution >= 4 is 5.91 Å². The predicted octanol–water partition coefficient (Wildman–Crippen LogP) is 2.35. The van der Waals surface area contributed by atoms with Gasteiger partial charge in [-0.15, -0.1) is 0 Å². The van der Waals surface area contributed by atoms with E-state index in [9.17, 15) is 4.79 Å². The number of rotatable bonds is 4. The highest BCUT2D eigenvalue weighted by molar-refractivity contribution is 5.97. The first-order valence-electron chi connectivity index (χ1n) is 6.58. The van der Waals surface area contributed by atoms with Gasteiger partial charge in [-0.05, 0) is 18.2 Å². The molecule has 0 unspecified atom stereocenters. The number of hydrogen-bond donors (Lipinski definition) is 1. The van der Waals surface area contributed by atoms with E-state index < -0.39 is 0 Å². The van der Waals surface area contributed by atoms with Crippen LogP contribution in [0.15, 0.2) is 42.5 Å². The number of ether oxygens (including phenoxy) is 3. The van der Waals surface area contributed by atoms with E-state index in [1.807, 2.05) is 24.3 Å². The Morgan fingerprint density at radius 2 is 2.05 bits per heavy atom. The van der Waals surface area contributed by atoms with Crippen LogP contribution in [0.1, 0.15) is 15.9 Å². The quantitative estimate of drug-likeness (QED) is 0.937. The molecule has 0 bridgehead atoms. The fourth-order valence-corrected chi connectivity index (χ4v) is 2.23. The van der Waals surface area contributed by atoms with Crippen LogP contribution < -0.4 is 19.5 Å². The number of carbonyl (C=O) groups is 1. The molecule has 1 aliphatic rings. The highest BCUT2D eigenvalue weighted by atomic mass is 16.7. The highest BCUT2D eigenvalue weighted by Crippen LogP contribution is 2.35. The Hall–Kier alpha value is -2.69. The van der Waals surface area contributed by atoms with Gasteiger partial charge in [-0.25, -0.2) is 0 Å². The van der Waals surface area contributed by atoms with Gasteiger partial charge < -0.3 is 19.5 Å². The summed E-state index contributed by atoms with van der Waals surface area (Å²) in [7, 11) is 1.61. The second-order valence-corrected chi connectivity index (χ2v) is 4.53. The van der Waals surface area contributed by atoms with Gasteiger partial charge in [0.05, 0.1) is 12.7 Å². The van der Waals surface area contributed by atoms with Crippen LogP contribution in [-0.4, -0.2) is 19.8 Å². The number of benzene rings is 2. The minimum absolute atomic E-state index is 0.145. The fourth-order valence-electron chi connectivity index (χ4n) is 2.23. The molecule has 1 heterocycles. The molecule has 0 aliphatic carbocycles.